The highest BCUT2D eigenvalue weighted by atomic mass is 19.1. The van der Waals surface area contributed by atoms with E-state index in [9.17, 15) is 59.9 Å². The highest BCUT2D eigenvalue weighted by Gasteiger charge is 2.46. The average Bonchev–Trinajstić information content (AvgIpc) is 1.65. The number of methoxy groups -OCH3 is 4. The van der Waals surface area contributed by atoms with E-state index in [1.165, 1.54) is 89.4 Å². The van der Waals surface area contributed by atoms with Gasteiger partial charge < -0.3 is 103 Å². The molecule has 0 bridgehead atoms. The van der Waals surface area contributed by atoms with Crippen molar-refractivity contribution in [3.8, 4) is 23.0 Å². The number of amides is 12. The molecule has 10 saturated heterocycles. The smallest absolute Gasteiger partial charge is 0.410 e. The van der Waals surface area contributed by atoms with Crippen molar-refractivity contribution in [3.63, 3.8) is 0 Å². The standard InChI is InChI=1S/2C19H20F2N4O2.C19H26FN3O4.C14H18FN3O2.C11H19N3O3/c2*1-27-16-7-13(6-14(20)8-16)10-24-12-15-11-23(4-5-25(15)19(24)26)18-2-3-22-9-17(18)21;1-19(2,3)27-18(25)21-5-6-23-15(11-21)12-22(17(23)24)10-13-7-14(20)9-16(8-13)26-4;1-20-13-5-10(4-11(15)6-13)8-17-9-12-7-16-2-3-18(12)14(17)19;1-11(2,3)17-10(16)13-4-5-14-8(7-13)6-12-9(14)15/h2*2-3,6-9,15H,4-5,10-12H2,1H3;7-9,15H,5-6,10-12H2,1-4H3;4-6,12,16H,2-3,7-9H2,1H3;8H,4-7H2,1-3H3,(H,12,15)/t2*15-;;;/m10.../s1. The predicted molar refractivity (Wildman–Crippen MR) is 422 cm³/mol. The maximum absolute atomic E-state index is 14.0. The van der Waals surface area contributed by atoms with Gasteiger partial charge in [-0.25, -0.2) is 59.9 Å². The van der Waals surface area contributed by atoms with Crippen LogP contribution in [0.3, 0.4) is 0 Å². The monoisotopic (exact) mass is 1650 g/mol. The van der Waals surface area contributed by atoms with Gasteiger partial charge in [0.05, 0.1) is 82.4 Å². The van der Waals surface area contributed by atoms with Crippen molar-refractivity contribution in [1.29, 1.82) is 0 Å². The molecule has 2 aromatic heterocycles. The van der Waals surface area contributed by atoms with Crippen LogP contribution in [0.4, 0.5) is 71.3 Å². The van der Waals surface area contributed by atoms with Gasteiger partial charge in [0, 0.05) is 194 Å². The summed E-state index contributed by atoms with van der Waals surface area (Å²) in [5.74, 6) is -0.506. The summed E-state index contributed by atoms with van der Waals surface area (Å²) < 4.78 is 114. The first-order valence-electron chi connectivity index (χ1n) is 39.3. The first kappa shape index (κ1) is 85.8. The van der Waals surface area contributed by atoms with Gasteiger partial charge in [-0.15, -0.1) is 0 Å². The number of rotatable bonds is 14. The normalized spacial score (nSPS) is 20.7. The van der Waals surface area contributed by atoms with Crippen molar-refractivity contribution in [3.05, 3.63) is 167 Å². The summed E-state index contributed by atoms with van der Waals surface area (Å²) in [6.45, 7) is 23.9. The van der Waals surface area contributed by atoms with Gasteiger partial charge in [-0.05, 0) is 124 Å². The van der Waals surface area contributed by atoms with Crippen LogP contribution in [0.25, 0.3) is 0 Å². The van der Waals surface area contributed by atoms with Crippen LogP contribution in [0.1, 0.15) is 63.8 Å². The fourth-order valence-corrected chi connectivity index (χ4v) is 16.0. The second-order valence-electron chi connectivity index (χ2n) is 32.2. The lowest BCUT2D eigenvalue weighted by molar-refractivity contribution is 0.0120. The Morgan fingerprint density at radius 3 is 1.07 bits per heavy atom. The Morgan fingerprint density at radius 2 is 0.720 bits per heavy atom. The largest absolute Gasteiger partial charge is 0.497 e. The van der Waals surface area contributed by atoms with Gasteiger partial charge >= 0.3 is 42.3 Å². The molecular formula is C82H103F6N17O13. The second kappa shape index (κ2) is 37.3. The zero-order valence-electron chi connectivity index (χ0n) is 68.0. The summed E-state index contributed by atoms with van der Waals surface area (Å²) in [5.41, 5.74) is 2.76. The van der Waals surface area contributed by atoms with Crippen molar-refractivity contribution >= 4 is 53.7 Å². The number of aromatic nitrogens is 2. The van der Waals surface area contributed by atoms with Crippen molar-refractivity contribution < 1.29 is 88.3 Å². The van der Waals surface area contributed by atoms with Crippen molar-refractivity contribution in [2.45, 2.75) is 109 Å². The maximum atomic E-state index is 14.0. The SMILES string of the molecule is CC(C)(C)OC(=O)N1CCN2C(=O)NCC2C1.COc1cc(F)cc(CN2CC3CN(C(=O)OC(C)(C)C)CCN3C2=O)c1.COc1cc(F)cc(CN2CC3CNCCN3C2=O)c1.COc1cc(F)cc(CN2C[C@@H]3CN(c4ccncc4F)CCN3C2=O)c1.COc1cc(F)cc(CN2C[C@H]3CN(c4ccncc4F)CCN3C2=O)c1. The molecule has 10 aliphatic rings. The van der Waals surface area contributed by atoms with E-state index in [4.69, 9.17) is 28.4 Å². The minimum absolute atomic E-state index is 0.0289. The van der Waals surface area contributed by atoms with E-state index >= 15 is 0 Å². The molecule has 10 fully saturated rings. The van der Waals surface area contributed by atoms with Crippen molar-refractivity contribution in [2.75, 3.05) is 169 Å². The number of fused-ring (bicyclic) bond motifs is 5. The van der Waals surface area contributed by atoms with Crippen LogP contribution in [0.2, 0.25) is 0 Å². The summed E-state index contributed by atoms with van der Waals surface area (Å²) in [5, 5.41) is 6.07. The quantitative estimate of drug-likeness (QED) is 0.0961. The molecule has 3 unspecified atom stereocenters. The first-order chi connectivity index (χ1) is 56.3. The molecular weight excluding hydrogens is 1540 g/mol. The summed E-state index contributed by atoms with van der Waals surface area (Å²) in [6, 6.07) is 21.1. The number of anilines is 2. The van der Waals surface area contributed by atoms with E-state index in [0.717, 1.165) is 25.2 Å². The highest BCUT2D eigenvalue weighted by molar-refractivity contribution is 5.81. The van der Waals surface area contributed by atoms with Gasteiger partial charge in [-0.1, -0.05) is 0 Å². The molecule has 636 valence electrons. The third-order valence-corrected chi connectivity index (χ3v) is 21.5. The van der Waals surface area contributed by atoms with Crippen LogP contribution >= 0.6 is 0 Å². The fourth-order valence-electron chi connectivity index (χ4n) is 16.0. The molecule has 12 amide bonds. The molecule has 118 heavy (non-hydrogen) atoms. The lowest BCUT2D eigenvalue weighted by Gasteiger charge is -2.37. The molecule has 0 spiro atoms. The number of nitrogens with zero attached hydrogens (tertiary/aromatic N) is 15. The van der Waals surface area contributed by atoms with E-state index in [-0.39, 0.29) is 90.0 Å². The number of piperazine rings is 5. The molecule has 0 saturated carbocycles. The minimum Gasteiger partial charge on any atom is -0.497 e. The molecule has 2 N–H and O–H groups in total. The molecule has 6 aromatic rings. The van der Waals surface area contributed by atoms with Crippen LogP contribution in [-0.2, 0) is 35.7 Å². The Kier molecular flexibility index (Phi) is 27.1. The third kappa shape index (κ3) is 21.4. The van der Waals surface area contributed by atoms with Crippen LogP contribution < -0.4 is 39.4 Å². The second-order valence-corrected chi connectivity index (χ2v) is 32.2. The topological polar surface area (TPSA) is 267 Å². The van der Waals surface area contributed by atoms with Crippen molar-refractivity contribution in [1.82, 2.24) is 74.5 Å². The van der Waals surface area contributed by atoms with E-state index in [1.54, 1.807) is 88.0 Å². The lowest BCUT2D eigenvalue weighted by atomic mass is 10.1. The molecule has 16 rings (SSSR count). The van der Waals surface area contributed by atoms with Crippen molar-refractivity contribution in [2.24, 2.45) is 0 Å². The number of carbonyl (C=O) groups is 7. The molecule has 30 nitrogen and oxygen atoms in total. The van der Waals surface area contributed by atoms with Crippen LogP contribution in [0.15, 0.2) is 110 Å². The van der Waals surface area contributed by atoms with E-state index in [2.05, 4.69) is 20.6 Å². The summed E-state index contributed by atoms with van der Waals surface area (Å²) in [6.07, 6.45) is 4.87. The number of hydrogen-bond donors (Lipinski definition) is 2. The predicted octanol–water partition coefficient (Wildman–Crippen LogP) is 9.36. The van der Waals surface area contributed by atoms with E-state index in [1.807, 2.05) is 66.0 Å². The van der Waals surface area contributed by atoms with Gasteiger partial charge in [0.25, 0.3) is 0 Å². The number of hydrogen-bond acceptors (Lipinski definition) is 18. The number of carbonyl (C=O) groups excluding carboxylic acids is 7. The zero-order valence-corrected chi connectivity index (χ0v) is 68.0. The van der Waals surface area contributed by atoms with E-state index < -0.39 is 28.7 Å². The third-order valence-electron chi connectivity index (χ3n) is 21.5. The molecule has 10 aliphatic heterocycles. The Balaban J connectivity index is 0.000000137. The zero-order chi connectivity index (χ0) is 84.4. The van der Waals surface area contributed by atoms with Gasteiger partial charge in [0.15, 0.2) is 11.6 Å². The average molecular weight is 1650 g/mol. The molecule has 12 heterocycles. The molecule has 4 aromatic carbocycles. The lowest BCUT2D eigenvalue weighted by Crippen LogP contribution is -2.54. The van der Waals surface area contributed by atoms with E-state index in [0.29, 0.717) is 189 Å². The van der Waals surface area contributed by atoms with Crippen LogP contribution in [0, 0.1) is 34.9 Å². The number of benzene rings is 4. The summed E-state index contributed by atoms with van der Waals surface area (Å²) >= 11 is 0. The Morgan fingerprint density at radius 1 is 0.398 bits per heavy atom. The minimum atomic E-state index is -0.553. The van der Waals surface area contributed by atoms with Gasteiger partial charge in [0.1, 0.15) is 57.5 Å². The Labute approximate surface area is 681 Å². The van der Waals surface area contributed by atoms with Gasteiger partial charge in [0.2, 0.25) is 0 Å². The summed E-state index contributed by atoms with van der Waals surface area (Å²) in [4.78, 5) is 117. The molecule has 0 radical (unpaired) electrons. The van der Waals surface area contributed by atoms with Crippen LogP contribution in [0.5, 0.6) is 23.0 Å². The van der Waals surface area contributed by atoms with Gasteiger partial charge in [-0.2, -0.15) is 0 Å². The first-order valence-corrected chi connectivity index (χ1v) is 39.3. The number of ether oxygens (including phenoxy) is 6. The molecule has 5 atom stereocenters. The van der Waals surface area contributed by atoms with Crippen LogP contribution in [-0.4, -0.2) is 307 Å². The number of nitrogens with one attached hydrogen (secondary N) is 2. The number of halogens is 6. The molecule has 0 aliphatic carbocycles. The Hall–Kier alpha value is -11.6. The number of urea groups is 5. The Bertz CT molecular complexity index is 4470. The van der Waals surface area contributed by atoms with Gasteiger partial charge in [-0.3, -0.25) is 9.97 Å². The fraction of sp³-hybridized carbons (Fsp3) is 0.500. The summed E-state index contributed by atoms with van der Waals surface area (Å²) in [7, 11) is 5.94. The number of pyridine rings is 2. The molecule has 36 heteroatoms. The maximum Gasteiger partial charge on any atom is 0.410 e. The highest BCUT2D eigenvalue weighted by Crippen LogP contribution is 2.33.